The Morgan fingerprint density at radius 3 is 2.48 bits per heavy atom. The second kappa shape index (κ2) is 7.94. The minimum atomic E-state index is -4.62. The van der Waals surface area contributed by atoms with E-state index in [-0.39, 0.29) is 12.1 Å². The summed E-state index contributed by atoms with van der Waals surface area (Å²) in [7, 11) is 1.35. The Bertz CT molecular complexity index is 959. The molecule has 1 atom stereocenters. The Balaban J connectivity index is 1.61. The lowest BCUT2D eigenvalue weighted by molar-refractivity contribution is -0.137. The van der Waals surface area contributed by atoms with E-state index in [1.54, 1.807) is 24.3 Å². The third-order valence-electron chi connectivity index (χ3n) is 4.45. The van der Waals surface area contributed by atoms with Gasteiger partial charge in [0.2, 0.25) is 11.8 Å². The summed E-state index contributed by atoms with van der Waals surface area (Å²) in [6.45, 7) is -0.451. The number of rotatable bonds is 5. The zero-order valence-corrected chi connectivity index (χ0v) is 15.3. The fourth-order valence-corrected chi connectivity index (χ4v) is 3.02. The first-order valence-corrected chi connectivity index (χ1v) is 8.66. The summed E-state index contributed by atoms with van der Waals surface area (Å²) in [5.74, 6) is -1.79. The van der Waals surface area contributed by atoms with Crippen molar-refractivity contribution in [2.24, 2.45) is 0 Å². The molecule has 29 heavy (non-hydrogen) atoms. The predicted octanol–water partition coefficient (Wildman–Crippen LogP) is 3.40. The molecule has 152 valence electrons. The number of nitrogens with one attached hydrogen (secondary N) is 1. The van der Waals surface area contributed by atoms with Crippen molar-refractivity contribution in [1.82, 2.24) is 4.90 Å². The van der Waals surface area contributed by atoms with Crippen molar-refractivity contribution in [2.75, 3.05) is 18.9 Å². The number of hydrogen-bond donors (Lipinski definition) is 1. The SMILES string of the molecule is CN(CC(=O)Nc1ccccc1C(F)(F)F)C(=O)C[C@@H]1OC(=O)c2ccccc21. The average Bonchev–Trinajstić information content (AvgIpc) is 2.97. The number of carbonyl (C=O) groups is 3. The lowest BCUT2D eigenvalue weighted by atomic mass is 10.0. The van der Waals surface area contributed by atoms with E-state index in [2.05, 4.69) is 5.32 Å². The Morgan fingerprint density at radius 1 is 1.10 bits per heavy atom. The Kier molecular flexibility index (Phi) is 5.58. The molecule has 0 saturated carbocycles. The van der Waals surface area contributed by atoms with Gasteiger partial charge in [0.1, 0.15) is 6.10 Å². The standard InChI is InChI=1S/C20H17F3N2O4/c1-25(11-17(26)24-15-9-5-4-8-14(15)20(21,22)23)18(27)10-16-12-6-2-3-7-13(12)19(28)29-16/h2-9,16H,10-11H2,1H3,(H,24,26)/t16-/m0/s1. The molecule has 1 N–H and O–H groups in total. The fourth-order valence-electron chi connectivity index (χ4n) is 3.02. The quantitative estimate of drug-likeness (QED) is 0.773. The summed E-state index contributed by atoms with van der Waals surface area (Å²) >= 11 is 0. The molecule has 0 saturated heterocycles. The topological polar surface area (TPSA) is 75.7 Å². The largest absolute Gasteiger partial charge is 0.453 e. The van der Waals surface area contributed by atoms with Gasteiger partial charge in [0, 0.05) is 12.6 Å². The van der Waals surface area contributed by atoms with Crippen molar-refractivity contribution in [3.05, 3.63) is 65.2 Å². The van der Waals surface area contributed by atoms with Gasteiger partial charge < -0.3 is 15.0 Å². The summed E-state index contributed by atoms with van der Waals surface area (Å²) in [5.41, 5.74) is -0.390. The first-order valence-electron chi connectivity index (χ1n) is 8.66. The van der Waals surface area contributed by atoms with Crippen LogP contribution in [0.25, 0.3) is 0 Å². The van der Waals surface area contributed by atoms with Crippen LogP contribution >= 0.6 is 0 Å². The molecule has 0 aliphatic carbocycles. The van der Waals surface area contributed by atoms with Gasteiger partial charge in [-0.15, -0.1) is 0 Å². The number of esters is 1. The first-order chi connectivity index (χ1) is 13.7. The van der Waals surface area contributed by atoms with Crippen LogP contribution in [0, 0.1) is 0 Å². The van der Waals surface area contributed by atoms with Crippen LogP contribution < -0.4 is 5.32 Å². The third kappa shape index (κ3) is 4.56. The van der Waals surface area contributed by atoms with Crippen LogP contribution in [-0.4, -0.2) is 36.3 Å². The van der Waals surface area contributed by atoms with E-state index in [4.69, 9.17) is 4.74 Å². The van der Waals surface area contributed by atoms with Gasteiger partial charge in [-0.05, 0) is 18.2 Å². The van der Waals surface area contributed by atoms with Crippen LogP contribution in [-0.2, 0) is 20.5 Å². The fraction of sp³-hybridized carbons (Fsp3) is 0.250. The maximum atomic E-state index is 13.0. The Morgan fingerprint density at radius 2 is 1.76 bits per heavy atom. The van der Waals surface area contributed by atoms with Crippen LogP contribution in [0.1, 0.15) is 34.0 Å². The van der Waals surface area contributed by atoms with E-state index in [0.29, 0.717) is 11.1 Å². The van der Waals surface area contributed by atoms with Gasteiger partial charge in [0.15, 0.2) is 0 Å². The highest BCUT2D eigenvalue weighted by molar-refractivity contribution is 5.96. The summed E-state index contributed by atoms with van der Waals surface area (Å²) in [4.78, 5) is 37.4. The maximum Gasteiger partial charge on any atom is 0.418 e. The summed E-state index contributed by atoms with van der Waals surface area (Å²) in [6.07, 6.45) is -5.56. The number of ether oxygens (including phenoxy) is 1. The van der Waals surface area contributed by atoms with Gasteiger partial charge >= 0.3 is 12.1 Å². The molecule has 6 nitrogen and oxygen atoms in total. The van der Waals surface area contributed by atoms with Gasteiger partial charge in [-0.25, -0.2) is 4.79 Å². The molecule has 2 amide bonds. The summed E-state index contributed by atoms with van der Waals surface area (Å²) in [6, 6.07) is 11.2. The number of nitrogens with zero attached hydrogens (tertiary/aromatic N) is 1. The molecule has 1 heterocycles. The molecular weight excluding hydrogens is 389 g/mol. The molecule has 0 bridgehead atoms. The molecule has 0 spiro atoms. The molecule has 2 aromatic carbocycles. The van der Waals surface area contributed by atoms with Gasteiger partial charge in [-0.3, -0.25) is 9.59 Å². The zero-order chi connectivity index (χ0) is 21.2. The third-order valence-corrected chi connectivity index (χ3v) is 4.45. The van der Waals surface area contributed by atoms with E-state index >= 15 is 0 Å². The number of amides is 2. The maximum absolute atomic E-state index is 13.0. The monoisotopic (exact) mass is 406 g/mol. The van der Waals surface area contributed by atoms with Crippen LogP contribution in [0.2, 0.25) is 0 Å². The number of alkyl halides is 3. The summed E-state index contributed by atoms with van der Waals surface area (Å²) < 4.78 is 44.2. The van der Waals surface area contributed by atoms with Crippen molar-refractivity contribution < 1.29 is 32.3 Å². The highest BCUT2D eigenvalue weighted by Crippen LogP contribution is 2.35. The zero-order valence-electron chi connectivity index (χ0n) is 15.3. The molecule has 0 fully saturated rings. The smallest absolute Gasteiger partial charge is 0.418 e. The van der Waals surface area contributed by atoms with E-state index in [1.807, 2.05) is 0 Å². The highest BCUT2D eigenvalue weighted by Gasteiger charge is 2.34. The van der Waals surface area contributed by atoms with E-state index in [9.17, 15) is 27.6 Å². The van der Waals surface area contributed by atoms with E-state index in [0.717, 1.165) is 17.0 Å². The highest BCUT2D eigenvalue weighted by atomic mass is 19.4. The number of likely N-dealkylation sites (N-methyl/N-ethyl adjacent to an activating group) is 1. The van der Waals surface area contributed by atoms with Crippen LogP contribution in [0.5, 0.6) is 0 Å². The molecule has 0 radical (unpaired) electrons. The van der Waals surface area contributed by atoms with Crippen LogP contribution in [0.3, 0.4) is 0 Å². The van der Waals surface area contributed by atoms with Crippen molar-refractivity contribution in [1.29, 1.82) is 0 Å². The van der Waals surface area contributed by atoms with Gasteiger partial charge in [-0.1, -0.05) is 30.3 Å². The molecule has 0 aromatic heterocycles. The van der Waals surface area contributed by atoms with Crippen LogP contribution in [0.15, 0.2) is 48.5 Å². The number of para-hydroxylation sites is 1. The second-order valence-electron chi connectivity index (χ2n) is 6.53. The number of benzene rings is 2. The minimum absolute atomic E-state index is 0.175. The average molecular weight is 406 g/mol. The second-order valence-corrected chi connectivity index (χ2v) is 6.53. The normalized spacial score (nSPS) is 15.4. The number of fused-ring (bicyclic) bond motifs is 1. The molecule has 9 heteroatoms. The first kappa shape index (κ1) is 20.4. The predicted molar refractivity (Wildman–Crippen MR) is 96.9 cm³/mol. The van der Waals surface area contributed by atoms with Crippen molar-refractivity contribution >= 4 is 23.5 Å². The van der Waals surface area contributed by atoms with Crippen LogP contribution in [0.4, 0.5) is 18.9 Å². The molecule has 1 aliphatic heterocycles. The lowest BCUT2D eigenvalue weighted by Crippen LogP contribution is -2.35. The van der Waals surface area contributed by atoms with Crippen molar-refractivity contribution in [3.63, 3.8) is 0 Å². The minimum Gasteiger partial charge on any atom is -0.453 e. The molecule has 1 aliphatic rings. The van der Waals surface area contributed by atoms with Crippen molar-refractivity contribution in [3.8, 4) is 0 Å². The Labute approximate surface area is 164 Å². The van der Waals surface area contributed by atoms with E-state index < -0.39 is 42.2 Å². The molecular formula is C20H17F3N2O4. The van der Waals surface area contributed by atoms with E-state index in [1.165, 1.54) is 19.2 Å². The van der Waals surface area contributed by atoms with Gasteiger partial charge in [0.25, 0.3) is 0 Å². The van der Waals surface area contributed by atoms with Crippen molar-refractivity contribution in [2.45, 2.75) is 18.7 Å². The summed E-state index contributed by atoms with van der Waals surface area (Å²) in [5, 5.41) is 2.18. The molecule has 0 unspecified atom stereocenters. The lowest BCUT2D eigenvalue weighted by Gasteiger charge is -2.20. The molecule has 3 rings (SSSR count). The molecule has 2 aromatic rings. The number of cyclic esters (lactones) is 1. The number of halogens is 3. The van der Waals surface area contributed by atoms with Gasteiger partial charge in [0.05, 0.1) is 29.8 Å². The Hall–Kier alpha value is -3.36. The number of hydrogen-bond acceptors (Lipinski definition) is 4. The van der Waals surface area contributed by atoms with Gasteiger partial charge in [-0.2, -0.15) is 13.2 Å². The number of carbonyl (C=O) groups excluding carboxylic acids is 3. The number of anilines is 1.